The van der Waals surface area contributed by atoms with E-state index in [2.05, 4.69) is 28.7 Å². The minimum atomic E-state index is -0.124. The van der Waals surface area contributed by atoms with Crippen molar-refractivity contribution in [3.8, 4) is 0 Å². The first kappa shape index (κ1) is 12.9. The zero-order valence-electron chi connectivity index (χ0n) is 9.93. The molecule has 2 rings (SSSR count). The van der Waals surface area contributed by atoms with Crippen LogP contribution in [0.15, 0.2) is 6.33 Å². The van der Waals surface area contributed by atoms with Crippen molar-refractivity contribution in [1.82, 2.24) is 9.97 Å². The first-order valence-electron chi connectivity index (χ1n) is 5.62. The van der Waals surface area contributed by atoms with E-state index in [-0.39, 0.29) is 6.61 Å². The van der Waals surface area contributed by atoms with Crippen molar-refractivity contribution in [2.45, 2.75) is 31.0 Å². The molecule has 1 aliphatic heterocycles. The van der Waals surface area contributed by atoms with Crippen LogP contribution >= 0.6 is 23.4 Å². The zero-order valence-corrected chi connectivity index (χ0v) is 11.5. The summed E-state index contributed by atoms with van der Waals surface area (Å²) in [6.45, 7) is 6.13. The molecule has 1 N–H and O–H groups in total. The van der Waals surface area contributed by atoms with Crippen molar-refractivity contribution in [3.05, 3.63) is 17.0 Å². The molecule has 0 bridgehead atoms. The fourth-order valence-electron chi connectivity index (χ4n) is 2.14. The number of aliphatic hydroxyl groups excluding tert-OH is 1. The van der Waals surface area contributed by atoms with E-state index in [0.717, 1.165) is 18.9 Å². The number of nitrogens with zero attached hydrogens (tertiary/aromatic N) is 3. The van der Waals surface area contributed by atoms with Gasteiger partial charge in [-0.25, -0.2) is 9.97 Å². The van der Waals surface area contributed by atoms with Gasteiger partial charge in [-0.05, 0) is 0 Å². The van der Waals surface area contributed by atoms with E-state index in [4.69, 9.17) is 11.6 Å². The quantitative estimate of drug-likeness (QED) is 0.835. The van der Waals surface area contributed by atoms with Crippen LogP contribution in [0.5, 0.6) is 0 Å². The number of rotatable bonds is 2. The molecular weight excluding hydrogens is 258 g/mol. The summed E-state index contributed by atoms with van der Waals surface area (Å²) < 4.78 is 0. The van der Waals surface area contributed by atoms with Crippen molar-refractivity contribution in [1.29, 1.82) is 0 Å². The number of anilines is 1. The van der Waals surface area contributed by atoms with Crippen LogP contribution in [-0.4, -0.2) is 38.7 Å². The van der Waals surface area contributed by atoms with E-state index in [1.54, 1.807) is 0 Å². The van der Waals surface area contributed by atoms with Gasteiger partial charge >= 0.3 is 0 Å². The van der Waals surface area contributed by atoms with Gasteiger partial charge in [-0.15, -0.1) is 0 Å². The number of thioether (sulfide) groups is 1. The lowest BCUT2D eigenvalue weighted by Crippen LogP contribution is -2.41. The predicted octanol–water partition coefficient (Wildman–Crippen LogP) is 1.95. The van der Waals surface area contributed by atoms with Gasteiger partial charge < -0.3 is 10.0 Å². The van der Waals surface area contributed by atoms with Gasteiger partial charge in [0.25, 0.3) is 0 Å². The molecule has 1 fully saturated rings. The highest BCUT2D eigenvalue weighted by Crippen LogP contribution is 2.30. The lowest BCUT2D eigenvalue weighted by atomic mass is 10.2. The summed E-state index contributed by atoms with van der Waals surface area (Å²) in [5.74, 6) is 0.770. The van der Waals surface area contributed by atoms with Crippen LogP contribution < -0.4 is 4.90 Å². The first-order valence-corrected chi connectivity index (χ1v) is 6.94. The van der Waals surface area contributed by atoms with Gasteiger partial charge in [0, 0.05) is 23.6 Å². The molecule has 1 aromatic heterocycles. The average molecular weight is 274 g/mol. The number of hydrogen-bond acceptors (Lipinski definition) is 5. The molecule has 2 unspecified atom stereocenters. The molecule has 1 saturated heterocycles. The standard InChI is InChI=1S/C11H16ClN3OS/c1-7-3-15(4-8(2)17-7)11-9(5-16)10(12)13-6-14-11/h6-8,16H,3-5H2,1-2H3. The largest absolute Gasteiger partial charge is 0.391 e. The molecule has 0 saturated carbocycles. The fourth-order valence-corrected chi connectivity index (χ4v) is 3.65. The monoisotopic (exact) mass is 273 g/mol. The van der Waals surface area contributed by atoms with Crippen LogP contribution in [0.25, 0.3) is 0 Å². The van der Waals surface area contributed by atoms with Crippen molar-refractivity contribution in [2.75, 3.05) is 18.0 Å². The Morgan fingerprint density at radius 2 is 2.06 bits per heavy atom. The van der Waals surface area contributed by atoms with Crippen molar-refractivity contribution >= 4 is 29.2 Å². The molecule has 0 radical (unpaired) electrons. The lowest BCUT2D eigenvalue weighted by Gasteiger charge is -2.36. The molecule has 1 aliphatic rings. The number of aliphatic hydroxyl groups is 1. The SMILES string of the molecule is CC1CN(c2ncnc(Cl)c2CO)CC(C)S1. The van der Waals surface area contributed by atoms with E-state index < -0.39 is 0 Å². The van der Waals surface area contributed by atoms with E-state index >= 15 is 0 Å². The van der Waals surface area contributed by atoms with E-state index in [1.165, 1.54) is 6.33 Å². The van der Waals surface area contributed by atoms with E-state index in [0.29, 0.717) is 21.2 Å². The average Bonchev–Trinajstić information content (AvgIpc) is 2.27. The Hall–Kier alpha value is -0.520. The molecule has 0 aliphatic carbocycles. The Morgan fingerprint density at radius 1 is 1.41 bits per heavy atom. The molecule has 0 amide bonds. The molecule has 2 heterocycles. The van der Waals surface area contributed by atoms with Crippen LogP contribution in [-0.2, 0) is 6.61 Å². The van der Waals surface area contributed by atoms with Gasteiger partial charge in [0.2, 0.25) is 0 Å². The van der Waals surface area contributed by atoms with Gasteiger partial charge in [0.05, 0.1) is 12.2 Å². The maximum absolute atomic E-state index is 9.37. The fraction of sp³-hybridized carbons (Fsp3) is 0.636. The molecule has 4 nitrogen and oxygen atoms in total. The van der Waals surface area contributed by atoms with Gasteiger partial charge in [-0.3, -0.25) is 0 Å². The highest BCUT2D eigenvalue weighted by Gasteiger charge is 2.25. The number of halogens is 1. The van der Waals surface area contributed by atoms with Crippen LogP contribution in [0.2, 0.25) is 5.15 Å². The lowest BCUT2D eigenvalue weighted by molar-refractivity contribution is 0.281. The van der Waals surface area contributed by atoms with Crippen molar-refractivity contribution < 1.29 is 5.11 Å². The second-order valence-electron chi connectivity index (χ2n) is 4.29. The number of hydrogen-bond donors (Lipinski definition) is 1. The maximum Gasteiger partial charge on any atom is 0.140 e. The van der Waals surface area contributed by atoms with Gasteiger partial charge in [-0.1, -0.05) is 25.4 Å². The van der Waals surface area contributed by atoms with Crippen molar-refractivity contribution in [2.24, 2.45) is 0 Å². The summed E-state index contributed by atoms with van der Waals surface area (Å²) in [7, 11) is 0. The summed E-state index contributed by atoms with van der Waals surface area (Å²) in [5, 5.41) is 10.8. The van der Waals surface area contributed by atoms with E-state index in [9.17, 15) is 5.11 Å². The predicted molar refractivity (Wildman–Crippen MR) is 71.7 cm³/mol. The Kier molecular flexibility index (Phi) is 4.12. The Bertz CT molecular complexity index is 394. The summed E-state index contributed by atoms with van der Waals surface area (Å²) in [5.41, 5.74) is 0.625. The Balaban J connectivity index is 2.30. The second-order valence-corrected chi connectivity index (χ2v) is 6.53. The molecule has 94 valence electrons. The first-order chi connectivity index (χ1) is 8.11. The summed E-state index contributed by atoms with van der Waals surface area (Å²) in [6, 6.07) is 0. The van der Waals surface area contributed by atoms with Gasteiger partial charge in [0.15, 0.2) is 0 Å². The molecule has 1 aromatic rings. The van der Waals surface area contributed by atoms with Crippen LogP contribution in [0.4, 0.5) is 5.82 Å². The Labute approximate surface area is 110 Å². The maximum atomic E-state index is 9.37. The third kappa shape index (κ3) is 2.84. The third-order valence-electron chi connectivity index (χ3n) is 2.75. The van der Waals surface area contributed by atoms with Crippen molar-refractivity contribution in [3.63, 3.8) is 0 Å². The third-order valence-corrected chi connectivity index (χ3v) is 4.30. The minimum Gasteiger partial charge on any atom is -0.391 e. The smallest absolute Gasteiger partial charge is 0.140 e. The second kappa shape index (κ2) is 5.42. The van der Waals surface area contributed by atoms with E-state index in [1.807, 2.05) is 11.8 Å². The van der Waals surface area contributed by atoms with Crippen LogP contribution in [0.1, 0.15) is 19.4 Å². The molecule has 2 atom stereocenters. The topological polar surface area (TPSA) is 49.2 Å². The molecule has 0 aromatic carbocycles. The molecule has 6 heteroatoms. The minimum absolute atomic E-state index is 0.124. The summed E-state index contributed by atoms with van der Waals surface area (Å²) >= 11 is 7.96. The summed E-state index contributed by atoms with van der Waals surface area (Å²) in [6.07, 6.45) is 1.45. The Morgan fingerprint density at radius 3 is 2.65 bits per heavy atom. The van der Waals surface area contributed by atoms with Crippen LogP contribution in [0, 0.1) is 0 Å². The number of aromatic nitrogens is 2. The van der Waals surface area contributed by atoms with Gasteiger partial charge in [-0.2, -0.15) is 11.8 Å². The zero-order chi connectivity index (χ0) is 12.4. The van der Waals surface area contributed by atoms with Gasteiger partial charge in [0.1, 0.15) is 17.3 Å². The molecular formula is C11H16ClN3OS. The highest BCUT2D eigenvalue weighted by atomic mass is 35.5. The highest BCUT2D eigenvalue weighted by molar-refractivity contribution is 8.00. The molecule has 0 spiro atoms. The normalized spacial score (nSPS) is 25.1. The van der Waals surface area contributed by atoms with Crippen LogP contribution in [0.3, 0.4) is 0 Å². The summed E-state index contributed by atoms with van der Waals surface area (Å²) in [4.78, 5) is 10.4. The molecule has 17 heavy (non-hydrogen) atoms.